The Balaban J connectivity index is 2.63. The van der Waals surface area contributed by atoms with Crippen molar-refractivity contribution in [3.8, 4) is 0 Å². The Hall–Kier alpha value is -0.790. The van der Waals surface area contributed by atoms with E-state index in [0.29, 0.717) is 5.92 Å². The zero-order valence-electron chi connectivity index (χ0n) is 8.93. The maximum Gasteiger partial charge on any atom is 0.0655 e. The van der Waals surface area contributed by atoms with Crippen molar-refractivity contribution >= 4 is 0 Å². The van der Waals surface area contributed by atoms with Crippen LogP contribution in [0.1, 0.15) is 56.8 Å². The third-order valence-corrected chi connectivity index (χ3v) is 2.42. The van der Waals surface area contributed by atoms with Crippen LogP contribution in [0.5, 0.6) is 0 Å². The molecule has 74 valence electrons. The van der Waals surface area contributed by atoms with Gasteiger partial charge in [0.1, 0.15) is 0 Å². The number of nitrogens with one attached hydrogen (secondary N) is 1. The number of aromatic amines is 1. The van der Waals surface area contributed by atoms with Gasteiger partial charge in [0.05, 0.1) is 5.69 Å². The molecule has 2 heteroatoms. The number of aryl methyl sites for hydroxylation is 1. The zero-order chi connectivity index (χ0) is 9.68. The van der Waals surface area contributed by atoms with Crippen LogP contribution in [0.3, 0.4) is 0 Å². The predicted molar refractivity (Wildman–Crippen MR) is 55.9 cm³/mol. The summed E-state index contributed by atoms with van der Waals surface area (Å²) in [4.78, 5) is 0. The molecule has 0 bridgehead atoms. The smallest absolute Gasteiger partial charge is 0.0655 e. The van der Waals surface area contributed by atoms with Crippen molar-refractivity contribution in [1.82, 2.24) is 10.2 Å². The van der Waals surface area contributed by atoms with Crippen molar-refractivity contribution in [2.45, 2.75) is 52.4 Å². The summed E-state index contributed by atoms with van der Waals surface area (Å²) in [6.07, 6.45) is 5.02. The molecular formula is C11H20N2. The van der Waals surface area contributed by atoms with Gasteiger partial charge in [-0.1, -0.05) is 26.7 Å². The minimum Gasteiger partial charge on any atom is -0.283 e. The van der Waals surface area contributed by atoms with Crippen molar-refractivity contribution in [2.24, 2.45) is 0 Å². The maximum atomic E-state index is 4.33. The second kappa shape index (κ2) is 5.05. The van der Waals surface area contributed by atoms with Crippen molar-refractivity contribution in [3.05, 3.63) is 17.5 Å². The summed E-state index contributed by atoms with van der Waals surface area (Å²) in [6, 6.07) is 2.18. The number of H-pyrrole nitrogens is 1. The molecule has 0 aliphatic carbocycles. The summed E-state index contributed by atoms with van der Waals surface area (Å²) in [5, 5.41) is 7.34. The molecule has 1 N–H and O–H groups in total. The van der Waals surface area contributed by atoms with Crippen molar-refractivity contribution < 1.29 is 0 Å². The highest BCUT2D eigenvalue weighted by molar-refractivity contribution is 5.11. The van der Waals surface area contributed by atoms with Crippen molar-refractivity contribution in [2.75, 3.05) is 0 Å². The minimum atomic E-state index is 0.667. The summed E-state index contributed by atoms with van der Waals surface area (Å²) in [7, 11) is 0. The number of hydrogen-bond acceptors (Lipinski definition) is 1. The van der Waals surface area contributed by atoms with E-state index in [1.54, 1.807) is 0 Å². The summed E-state index contributed by atoms with van der Waals surface area (Å²) in [5.74, 6) is 0.667. The van der Waals surface area contributed by atoms with Gasteiger partial charge in [0.2, 0.25) is 0 Å². The first kappa shape index (κ1) is 10.3. The van der Waals surface area contributed by atoms with Gasteiger partial charge in [-0.2, -0.15) is 5.10 Å². The Morgan fingerprint density at radius 3 is 2.31 bits per heavy atom. The largest absolute Gasteiger partial charge is 0.283 e. The molecule has 2 nitrogen and oxygen atoms in total. The van der Waals surface area contributed by atoms with Gasteiger partial charge in [0.25, 0.3) is 0 Å². The molecule has 0 spiro atoms. The van der Waals surface area contributed by atoms with Crippen LogP contribution in [-0.4, -0.2) is 10.2 Å². The van der Waals surface area contributed by atoms with Gasteiger partial charge >= 0.3 is 0 Å². The fourth-order valence-corrected chi connectivity index (χ4v) is 1.79. The van der Waals surface area contributed by atoms with Gasteiger partial charge in [0.15, 0.2) is 0 Å². The van der Waals surface area contributed by atoms with E-state index in [1.165, 1.54) is 37.1 Å². The van der Waals surface area contributed by atoms with Gasteiger partial charge in [-0.3, -0.25) is 5.10 Å². The Bertz CT molecular complexity index is 234. The fourth-order valence-electron chi connectivity index (χ4n) is 1.79. The van der Waals surface area contributed by atoms with E-state index in [-0.39, 0.29) is 0 Å². The van der Waals surface area contributed by atoms with Crippen LogP contribution in [0, 0.1) is 6.92 Å². The van der Waals surface area contributed by atoms with Crippen LogP contribution in [0.15, 0.2) is 6.07 Å². The number of aromatic nitrogens is 2. The molecule has 0 saturated heterocycles. The molecule has 0 aromatic carbocycles. The molecule has 1 heterocycles. The van der Waals surface area contributed by atoms with Crippen LogP contribution in [0.4, 0.5) is 0 Å². The quantitative estimate of drug-likeness (QED) is 0.739. The molecular weight excluding hydrogens is 160 g/mol. The molecule has 1 aromatic heterocycles. The van der Waals surface area contributed by atoms with Crippen molar-refractivity contribution in [1.29, 1.82) is 0 Å². The molecule has 1 aromatic rings. The maximum absolute atomic E-state index is 4.33. The summed E-state index contributed by atoms with van der Waals surface area (Å²) in [6.45, 7) is 6.54. The van der Waals surface area contributed by atoms with Crippen LogP contribution in [-0.2, 0) is 0 Å². The lowest BCUT2D eigenvalue weighted by molar-refractivity contribution is 0.547. The SMILES string of the molecule is CCCC(CCC)c1cc(C)[nH]n1. The molecule has 0 saturated carbocycles. The highest BCUT2D eigenvalue weighted by Gasteiger charge is 2.11. The molecule has 13 heavy (non-hydrogen) atoms. The first-order valence-corrected chi connectivity index (χ1v) is 5.29. The average molecular weight is 180 g/mol. The van der Waals surface area contributed by atoms with E-state index in [2.05, 4.69) is 37.0 Å². The highest BCUT2D eigenvalue weighted by atomic mass is 15.1. The number of nitrogens with zero attached hydrogens (tertiary/aromatic N) is 1. The van der Waals surface area contributed by atoms with E-state index in [9.17, 15) is 0 Å². The summed E-state index contributed by atoms with van der Waals surface area (Å²) >= 11 is 0. The molecule has 0 radical (unpaired) electrons. The Labute approximate surface area is 80.7 Å². The molecule has 0 amide bonds. The zero-order valence-corrected chi connectivity index (χ0v) is 8.93. The van der Waals surface area contributed by atoms with Crippen LogP contribution in [0.2, 0.25) is 0 Å². The Morgan fingerprint density at radius 2 is 1.92 bits per heavy atom. The first-order chi connectivity index (χ1) is 6.27. The Kier molecular flexibility index (Phi) is 4.00. The van der Waals surface area contributed by atoms with Crippen molar-refractivity contribution in [3.63, 3.8) is 0 Å². The van der Waals surface area contributed by atoms with E-state index in [1.807, 2.05) is 0 Å². The van der Waals surface area contributed by atoms with E-state index in [0.717, 1.165) is 0 Å². The van der Waals surface area contributed by atoms with Gasteiger partial charge in [-0.25, -0.2) is 0 Å². The summed E-state index contributed by atoms with van der Waals surface area (Å²) < 4.78 is 0. The molecule has 0 aliphatic rings. The standard InChI is InChI=1S/C11H20N2/c1-4-6-10(7-5-2)11-8-9(3)12-13-11/h8,10H,4-7H2,1-3H3,(H,12,13). The molecule has 0 unspecified atom stereocenters. The minimum absolute atomic E-state index is 0.667. The predicted octanol–water partition coefficient (Wildman–Crippen LogP) is 3.40. The number of rotatable bonds is 5. The molecule has 0 fully saturated rings. The normalized spacial score (nSPS) is 11.1. The van der Waals surface area contributed by atoms with E-state index >= 15 is 0 Å². The summed E-state index contributed by atoms with van der Waals surface area (Å²) in [5.41, 5.74) is 2.42. The fraction of sp³-hybridized carbons (Fsp3) is 0.727. The number of hydrogen-bond donors (Lipinski definition) is 1. The highest BCUT2D eigenvalue weighted by Crippen LogP contribution is 2.24. The van der Waals surface area contributed by atoms with Gasteiger partial charge in [-0.05, 0) is 25.8 Å². The average Bonchev–Trinajstić information content (AvgIpc) is 2.51. The van der Waals surface area contributed by atoms with Gasteiger partial charge in [-0.15, -0.1) is 0 Å². The van der Waals surface area contributed by atoms with E-state index in [4.69, 9.17) is 0 Å². The third kappa shape index (κ3) is 2.87. The molecule has 0 aliphatic heterocycles. The van der Waals surface area contributed by atoms with Gasteiger partial charge < -0.3 is 0 Å². The van der Waals surface area contributed by atoms with Gasteiger partial charge in [0, 0.05) is 11.6 Å². The molecule has 0 atom stereocenters. The van der Waals surface area contributed by atoms with Crippen LogP contribution < -0.4 is 0 Å². The second-order valence-corrected chi connectivity index (χ2v) is 3.75. The third-order valence-electron chi connectivity index (χ3n) is 2.42. The topological polar surface area (TPSA) is 28.7 Å². The lowest BCUT2D eigenvalue weighted by atomic mass is 9.95. The lowest BCUT2D eigenvalue weighted by Crippen LogP contribution is -1.98. The van der Waals surface area contributed by atoms with Crippen LogP contribution >= 0.6 is 0 Å². The van der Waals surface area contributed by atoms with E-state index < -0.39 is 0 Å². The van der Waals surface area contributed by atoms with Crippen LogP contribution in [0.25, 0.3) is 0 Å². The lowest BCUT2D eigenvalue weighted by Gasteiger charge is -2.11. The molecule has 1 rings (SSSR count). The second-order valence-electron chi connectivity index (χ2n) is 3.75. The Morgan fingerprint density at radius 1 is 1.31 bits per heavy atom. The first-order valence-electron chi connectivity index (χ1n) is 5.29. The monoisotopic (exact) mass is 180 g/mol.